The molecule has 412 valence electrons. The predicted molar refractivity (Wildman–Crippen MR) is 292 cm³/mol. The number of nitrogen functional groups attached to an aromatic ring is 2. The van der Waals surface area contributed by atoms with Gasteiger partial charge in [-0.2, -0.15) is 8.78 Å². The molecule has 0 spiro atoms. The summed E-state index contributed by atoms with van der Waals surface area (Å²) >= 11 is 0. The van der Waals surface area contributed by atoms with E-state index in [1.807, 2.05) is 25.2 Å². The molecule has 4 aromatic heterocycles. The van der Waals surface area contributed by atoms with Gasteiger partial charge < -0.3 is 45.4 Å². The number of fused-ring (bicyclic) bond motifs is 6. The van der Waals surface area contributed by atoms with Crippen LogP contribution in [0.4, 0.5) is 29.2 Å². The van der Waals surface area contributed by atoms with Gasteiger partial charge in [-0.1, -0.05) is 63.8 Å². The molecule has 0 bridgehead atoms. The third kappa shape index (κ3) is 16.9. The van der Waals surface area contributed by atoms with Crippen LogP contribution in [0.15, 0.2) is 42.5 Å². The second-order valence-electron chi connectivity index (χ2n) is 19.6. The van der Waals surface area contributed by atoms with Crippen molar-refractivity contribution in [1.29, 1.82) is 0 Å². The van der Waals surface area contributed by atoms with Gasteiger partial charge in [-0.15, -0.1) is 0 Å². The number of carbonyl (C=O) groups excluding carboxylic acids is 2. The minimum Gasteiger partial charge on any atom is -0.420 e. The summed E-state index contributed by atoms with van der Waals surface area (Å²) in [6, 6.07) is 12.4. The Morgan fingerprint density at radius 1 is 0.579 bits per heavy atom. The van der Waals surface area contributed by atoms with E-state index >= 15 is 0 Å². The number of aromatic nitrogens is 6. The summed E-state index contributed by atoms with van der Waals surface area (Å²) in [5, 5.41) is 2.20. The highest BCUT2D eigenvalue weighted by Gasteiger charge is 2.23. The first-order valence-electron chi connectivity index (χ1n) is 26.9. The van der Waals surface area contributed by atoms with Crippen LogP contribution in [-0.2, 0) is 44.7 Å². The van der Waals surface area contributed by atoms with Gasteiger partial charge in [0.15, 0.2) is 11.6 Å². The Labute approximate surface area is 442 Å². The van der Waals surface area contributed by atoms with E-state index in [1.54, 1.807) is 6.92 Å². The van der Waals surface area contributed by atoms with E-state index in [0.29, 0.717) is 44.4 Å². The van der Waals surface area contributed by atoms with Gasteiger partial charge in [-0.3, -0.25) is 9.59 Å². The number of H-pyrrole nitrogens is 2. The van der Waals surface area contributed by atoms with E-state index in [-0.39, 0.29) is 24.9 Å². The lowest BCUT2D eigenvalue weighted by Crippen LogP contribution is -2.25. The Morgan fingerprint density at radius 2 is 1.04 bits per heavy atom. The lowest BCUT2D eigenvalue weighted by molar-refractivity contribution is -0.136. The number of halogens is 4. The Kier molecular flexibility index (Phi) is 23.2. The molecule has 15 nitrogen and oxygen atoms in total. The molecule has 6 N–H and O–H groups in total. The van der Waals surface area contributed by atoms with Crippen LogP contribution in [0.5, 0.6) is 5.75 Å². The molecular weight excluding hydrogens is 981 g/mol. The highest BCUT2D eigenvalue weighted by Crippen LogP contribution is 2.32. The molecule has 7 aromatic rings. The highest BCUT2D eigenvalue weighted by atomic mass is 19.2. The summed E-state index contributed by atoms with van der Waals surface area (Å²) in [7, 11) is 4.09. The van der Waals surface area contributed by atoms with Gasteiger partial charge in [0, 0.05) is 49.2 Å². The molecule has 0 atom stereocenters. The van der Waals surface area contributed by atoms with Crippen LogP contribution < -0.4 is 16.2 Å². The van der Waals surface area contributed by atoms with Crippen LogP contribution in [0.2, 0.25) is 0 Å². The van der Waals surface area contributed by atoms with Crippen LogP contribution >= 0.6 is 0 Å². The van der Waals surface area contributed by atoms with E-state index < -0.39 is 35.0 Å². The number of likely N-dealkylation sites (N-methyl/N-ethyl adjacent to an activating group) is 2. The smallest absolute Gasteiger partial charge is 0.313 e. The Balaban J connectivity index is 0.000000255. The van der Waals surface area contributed by atoms with Crippen molar-refractivity contribution >= 4 is 67.3 Å². The van der Waals surface area contributed by atoms with Crippen LogP contribution in [0.3, 0.4) is 0 Å². The van der Waals surface area contributed by atoms with E-state index in [2.05, 4.69) is 73.6 Å². The van der Waals surface area contributed by atoms with Gasteiger partial charge in [-0.25, -0.2) is 28.7 Å². The molecule has 0 fully saturated rings. The third-order valence-electron chi connectivity index (χ3n) is 13.3. The Bertz CT molecular complexity index is 2980. The van der Waals surface area contributed by atoms with E-state index in [4.69, 9.17) is 30.9 Å². The number of imidazole rings is 2. The van der Waals surface area contributed by atoms with Gasteiger partial charge in [-0.05, 0) is 109 Å². The van der Waals surface area contributed by atoms with E-state index in [1.165, 1.54) is 17.5 Å². The van der Waals surface area contributed by atoms with Crippen molar-refractivity contribution in [2.24, 2.45) is 0 Å². The Morgan fingerprint density at radius 3 is 1.49 bits per heavy atom. The van der Waals surface area contributed by atoms with E-state index in [9.17, 15) is 27.2 Å². The number of pyridine rings is 2. The lowest BCUT2D eigenvalue weighted by Gasteiger charge is -2.16. The maximum atomic E-state index is 13.6. The lowest BCUT2D eigenvalue weighted by atomic mass is 10.0. The van der Waals surface area contributed by atoms with Gasteiger partial charge in [0.2, 0.25) is 17.4 Å². The van der Waals surface area contributed by atoms with Crippen molar-refractivity contribution in [3.8, 4) is 5.75 Å². The second kappa shape index (κ2) is 29.9. The van der Waals surface area contributed by atoms with Crippen molar-refractivity contribution in [3.63, 3.8) is 0 Å². The average Bonchev–Trinajstić information content (AvgIpc) is 4.04. The summed E-state index contributed by atoms with van der Waals surface area (Å²) < 4.78 is 69.2. The quantitative estimate of drug-likeness (QED) is 0.0105. The van der Waals surface area contributed by atoms with Gasteiger partial charge in [0.25, 0.3) is 0 Å². The number of ether oxygens (including phenoxy) is 3. The van der Waals surface area contributed by atoms with Crippen molar-refractivity contribution in [3.05, 3.63) is 88.5 Å². The van der Waals surface area contributed by atoms with E-state index in [0.717, 1.165) is 159 Å². The predicted octanol–water partition coefficient (Wildman–Crippen LogP) is 10.9. The number of aryl methyl sites for hydroxylation is 4. The number of anilines is 2. The summed E-state index contributed by atoms with van der Waals surface area (Å²) in [6.07, 6.45) is 14.7. The first-order valence-corrected chi connectivity index (χ1v) is 26.9. The average molecular weight is 1060 g/mol. The second-order valence-corrected chi connectivity index (χ2v) is 19.6. The number of hydrogen-bond acceptors (Lipinski definition) is 13. The molecule has 0 saturated heterocycles. The molecule has 0 unspecified atom stereocenters. The fourth-order valence-corrected chi connectivity index (χ4v) is 8.99. The number of unbranched alkanes of at least 4 members (excludes halogenated alkanes) is 6. The molecule has 4 heterocycles. The van der Waals surface area contributed by atoms with Crippen LogP contribution in [0, 0.1) is 23.3 Å². The van der Waals surface area contributed by atoms with Crippen LogP contribution in [-0.4, -0.2) is 118 Å². The molecule has 0 amide bonds. The number of Topliss-reactive ketones (excluding diaryl/α,β-unsaturated/α-hetero) is 1. The number of carbonyl (C=O) groups is 2. The number of esters is 1. The monoisotopic (exact) mass is 1060 g/mol. The summed E-state index contributed by atoms with van der Waals surface area (Å²) in [6.45, 7) is 10.8. The molecule has 0 aliphatic rings. The molecule has 0 aliphatic carbocycles. The molecule has 0 aliphatic heterocycles. The number of hydrogen-bond donors (Lipinski definition) is 4. The van der Waals surface area contributed by atoms with Gasteiger partial charge in [0.1, 0.15) is 51.1 Å². The molecule has 76 heavy (non-hydrogen) atoms. The molecule has 0 saturated carbocycles. The number of rotatable bonds is 31. The number of benzene rings is 3. The van der Waals surface area contributed by atoms with Crippen molar-refractivity contribution < 1.29 is 41.4 Å². The number of nitrogens with one attached hydrogen (secondary N) is 2. The molecule has 0 radical (unpaired) electrons. The summed E-state index contributed by atoms with van der Waals surface area (Å²) in [4.78, 5) is 53.0. The zero-order valence-corrected chi connectivity index (χ0v) is 44.9. The van der Waals surface area contributed by atoms with Gasteiger partial charge >= 0.3 is 5.97 Å². The summed E-state index contributed by atoms with van der Waals surface area (Å²) in [5.74, 6) is -6.18. The topological polar surface area (TPSA) is 203 Å². The maximum absolute atomic E-state index is 13.6. The van der Waals surface area contributed by atoms with Crippen LogP contribution in [0.1, 0.15) is 121 Å². The summed E-state index contributed by atoms with van der Waals surface area (Å²) in [5.41, 5.74) is 20.3. The zero-order chi connectivity index (χ0) is 54.6. The number of nitrogens with two attached hydrogens (primary N) is 2. The normalized spacial score (nSPS) is 11.7. The van der Waals surface area contributed by atoms with Crippen LogP contribution in [0.25, 0.3) is 43.9 Å². The molecule has 7 rings (SSSR count). The maximum Gasteiger partial charge on any atom is 0.313 e. The first-order chi connectivity index (χ1) is 36.7. The fraction of sp³-hybridized carbons (Fsp3) is 0.509. The highest BCUT2D eigenvalue weighted by molar-refractivity contribution is 6.08. The minimum absolute atomic E-state index is 0.0445. The zero-order valence-electron chi connectivity index (χ0n) is 44.9. The van der Waals surface area contributed by atoms with Crippen molar-refractivity contribution in [1.82, 2.24) is 39.7 Å². The first kappa shape index (κ1) is 59.0. The third-order valence-corrected chi connectivity index (χ3v) is 13.3. The number of nitrogens with zero attached hydrogens (tertiary/aromatic N) is 6. The minimum atomic E-state index is -1.76. The van der Waals surface area contributed by atoms with Crippen molar-refractivity contribution in [2.75, 3.05) is 78.2 Å². The molecule has 3 aromatic carbocycles. The number of ketones is 1. The van der Waals surface area contributed by atoms with Gasteiger partial charge in [0.05, 0.1) is 43.9 Å². The molecule has 19 heteroatoms. The largest absolute Gasteiger partial charge is 0.420 e. The fourth-order valence-electron chi connectivity index (χ4n) is 8.99. The standard InChI is InChI=1S/C31H37F4N5O3.C26H39N5O2/c1-3-4-12-23-38-28-25-19(10-8-11-22(25)37-31(36)29(28)39-23)9-6-5-7-14-40(2)15-17-42-16-13-24(41)43-30-26(34)20(32)18-21(33)27(30)35;1-4-5-13-22-29-24-23-20(11-9-12-21(23)28-26(27)25(24)30-22)10-7-6-8-15-31(3)16-18-33-17-14-19(2)32/h8,10-11,18H,3-7,9,12-17H2,1-2H3,(H2,36,37)(H,38,39);9,11-12H,4-8,10,13-18H2,1-3H3,(H2,27,28)(H,29,30). The SMILES string of the molecule is CCCCc1nc2c([nH]1)c(N)nc1cccc(CCCCCN(C)CCOCCC(=O)Oc3c(F)c(F)cc(F)c3F)c12.CCCCc1nc2c([nH]1)c(N)nc1cccc(CCCCCN(C)CCOCCC(C)=O)c12. The Hall–Kier alpha value is -6.28. The van der Waals surface area contributed by atoms with Crippen molar-refractivity contribution in [2.45, 2.75) is 124 Å². The molecular formula is C57H76F4N10O5. The number of aromatic amines is 2.